The van der Waals surface area contributed by atoms with E-state index in [1.54, 1.807) is 29.2 Å². The van der Waals surface area contributed by atoms with E-state index in [-0.39, 0.29) is 6.04 Å². The first-order valence-electron chi connectivity index (χ1n) is 8.48. The molecule has 2 aliphatic rings. The van der Waals surface area contributed by atoms with E-state index in [2.05, 4.69) is 17.1 Å². The Labute approximate surface area is 142 Å². The molecule has 0 bridgehead atoms. The number of carbonyl (C=O) groups excluding carboxylic acids is 2. The molecule has 2 saturated heterocycles. The second-order valence-electron chi connectivity index (χ2n) is 6.45. The highest BCUT2D eigenvalue weighted by Crippen LogP contribution is 2.26. The van der Waals surface area contributed by atoms with Crippen molar-refractivity contribution in [2.45, 2.75) is 38.3 Å². The number of nitriles is 1. The van der Waals surface area contributed by atoms with Gasteiger partial charge in [0.05, 0.1) is 11.6 Å². The molecule has 2 heterocycles. The lowest BCUT2D eigenvalue weighted by atomic mass is 10.0. The predicted octanol–water partition coefficient (Wildman–Crippen LogP) is 1.58. The lowest BCUT2D eigenvalue weighted by molar-refractivity contribution is -0.147. The van der Waals surface area contributed by atoms with E-state index < -0.39 is 11.8 Å². The summed E-state index contributed by atoms with van der Waals surface area (Å²) in [6.45, 7) is 4.65. The van der Waals surface area contributed by atoms with Crippen molar-refractivity contribution < 1.29 is 9.59 Å². The zero-order valence-electron chi connectivity index (χ0n) is 13.9. The first kappa shape index (κ1) is 16.5. The standard InChI is InChI=1S/C18H22N4O2/c1-2-15-11-21-9-3-4-16(21)12-22(15)18(24)17(23)20-14-7-5-13(10-19)6-8-14/h5-8,15-16H,2-4,9,11-12H2,1H3,(H,20,23)/t15-,16+/m0/s1. The van der Waals surface area contributed by atoms with Crippen LogP contribution in [0.25, 0.3) is 0 Å². The lowest BCUT2D eigenvalue weighted by Gasteiger charge is -2.43. The van der Waals surface area contributed by atoms with Crippen LogP contribution in [0.15, 0.2) is 24.3 Å². The van der Waals surface area contributed by atoms with Crippen LogP contribution in [0.5, 0.6) is 0 Å². The summed E-state index contributed by atoms with van der Waals surface area (Å²) in [6.07, 6.45) is 3.11. The zero-order valence-corrected chi connectivity index (χ0v) is 13.9. The summed E-state index contributed by atoms with van der Waals surface area (Å²) < 4.78 is 0. The van der Waals surface area contributed by atoms with Crippen molar-refractivity contribution in [1.29, 1.82) is 5.26 Å². The molecule has 0 unspecified atom stereocenters. The molecule has 1 N–H and O–H groups in total. The van der Waals surface area contributed by atoms with Crippen LogP contribution in [-0.4, -0.2) is 53.3 Å². The molecule has 6 nitrogen and oxygen atoms in total. The largest absolute Gasteiger partial charge is 0.329 e. The Morgan fingerprint density at radius 3 is 2.71 bits per heavy atom. The Morgan fingerprint density at radius 2 is 2.04 bits per heavy atom. The minimum absolute atomic E-state index is 0.0959. The van der Waals surface area contributed by atoms with Crippen LogP contribution in [-0.2, 0) is 9.59 Å². The monoisotopic (exact) mass is 326 g/mol. The normalized spacial score (nSPS) is 23.4. The van der Waals surface area contributed by atoms with Crippen molar-refractivity contribution in [3.63, 3.8) is 0 Å². The Hall–Kier alpha value is -2.39. The van der Waals surface area contributed by atoms with Crippen molar-refractivity contribution in [3.8, 4) is 6.07 Å². The first-order chi connectivity index (χ1) is 11.6. The molecular weight excluding hydrogens is 304 g/mol. The van der Waals surface area contributed by atoms with E-state index in [1.165, 1.54) is 6.42 Å². The molecule has 2 aliphatic heterocycles. The number of hydrogen-bond acceptors (Lipinski definition) is 4. The second kappa shape index (κ2) is 7.02. The number of nitrogens with zero attached hydrogens (tertiary/aromatic N) is 3. The highest BCUT2D eigenvalue weighted by atomic mass is 16.2. The van der Waals surface area contributed by atoms with Crippen molar-refractivity contribution >= 4 is 17.5 Å². The number of hydrogen-bond donors (Lipinski definition) is 1. The van der Waals surface area contributed by atoms with Crippen LogP contribution in [0, 0.1) is 11.3 Å². The molecule has 6 heteroatoms. The molecule has 2 atom stereocenters. The molecule has 1 aromatic carbocycles. The molecule has 0 saturated carbocycles. The average Bonchev–Trinajstić information content (AvgIpc) is 3.07. The SMILES string of the molecule is CC[C@H]1CN2CCC[C@@H]2CN1C(=O)C(=O)Nc1ccc(C#N)cc1. The summed E-state index contributed by atoms with van der Waals surface area (Å²) in [4.78, 5) is 29.1. The van der Waals surface area contributed by atoms with Crippen molar-refractivity contribution in [1.82, 2.24) is 9.80 Å². The Bertz CT molecular complexity index is 665. The summed E-state index contributed by atoms with van der Waals surface area (Å²) in [5, 5.41) is 11.4. The third-order valence-corrected chi connectivity index (χ3v) is 4.99. The summed E-state index contributed by atoms with van der Waals surface area (Å²) in [6, 6.07) is 9.01. The first-order valence-corrected chi connectivity index (χ1v) is 8.48. The predicted molar refractivity (Wildman–Crippen MR) is 90.2 cm³/mol. The molecule has 0 aromatic heterocycles. The van der Waals surface area contributed by atoms with Crippen LogP contribution in [0.2, 0.25) is 0 Å². The number of rotatable bonds is 2. The van der Waals surface area contributed by atoms with Gasteiger partial charge in [0.1, 0.15) is 0 Å². The molecule has 0 aliphatic carbocycles. The van der Waals surface area contributed by atoms with Crippen LogP contribution in [0.3, 0.4) is 0 Å². The van der Waals surface area contributed by atoms with Crippen molar-refractivity contribution in [3.05, 3.63) is 29.8 Å². The highest BCUT2D eigenvalue weighted by molar-refractivity contribution is 6.39. The molecule has 1 aromatic rings. The van der Waals surface area contributed by atoms with Gasteiger partial charge in [-0.2, -0.15) is 5.26 Å². The Morgan fingerprint density at radius 1 is 1.29 bits per heavy atom. The molecule has 2 fully saturated rings. The molecule has 2 amide bonds. The lowest BCUT2D eigenvalue weighted by Crippen LogP contribution is -2.59. The van der Waals surface area contributed by atoms with Crippen LogP contribution >= 0.6 is 0 Å². The maximum Gasteiger partial charge on any atom is 0.313 e. The number of anilines is 1. The van der Waals surface area contributed by atoms with Crippen LogP contribution < -0.4 is 5.32 Å². The smallest absolute Gasteiger partial charge is 0.313 e. The minimum Gasteiger partial charge on any atom is -0.329 e. The molecule has 24 heavy (non-hydrogen) atoms. The van der Waals surface area contributed by atoms with Gasteiger partial charge in [-0.3, -0.25) is 14.5 Å². The summed E-state index contributed by atoms with van der Waals surface area (Å²) in [5.41, 5.74) is 1.04. The van der Waals surface area contributed by atoms with Gasteiger partial charge < -0.3 is 10.2 Å². The van der Waals surface area contributed by atoms with E-state index >= 15 is 0 Å². The summed E-state index contributed by atoms with van der Waals surface area (Å²) >= 11 is 0. The molecular formula is C18H22N4O2. The van der Waals surface area contributed by atoms with Crippen LogP contribution in [0.4, 0.5) is 5.69 Å². The van der Waals surface area contributed by atoms with Gasteiger partial charge in [-0.1, -0.05) is 6.92 Å². The second-order valence-corrected chi connectivity index (χ2v) is 6.45. The Kier molecular flexibility index (Phi) is 4.81. The summed E-state index contributed by atoms with van der Waals surface area (Å²) in [7, 11) is 0. The van der Waals surface area contributed by atoms with Crippen molar-refractivity contribution in [2.24, 2.45) is 0 Å². The molecule has 3 rings (SSSR count). The van der Waals surface area contributed by atoms with Crippen LogP contribution in [0.1, 0.15) is 31.7 Å². The molecule has 0 radical (unpaired) electrons. The van der Waals surface area contributed by atoms with Gasteiger partial charge in [-0.15, -0.1) is 0 Å². The molecule has 126 valence electrons. The van der Waals surface area contributed by atoms with Gasteiger partial charge in [0.25, 0.3) is 0 Å². The fourth-order valence-electron chi connectivity index (χ4n) is 3.63. The van der Waals surface area contributed by atoms with Gasteiger partial charge in [0.2, 0.25) is 0 Å². The van der Waals surface area contributed by atoms with E-state index in [4.69, 9.17) is 5.26 Å². The fraction of sp³-hybridized carbons (Fsp3) is 0.500. The van der Waals surface area contributed by atoms with E-state index in [9.17, 15) is 9.59 Å². The third-order valence-electron chi connectivity index (χ3n) is 4.99. The quantitative estimate of drug-likeness (QED) is 0.837. The van der Waals surface area contributed by atoms with E-state index in [0.717, 1.165) is 25.9 Å². The fourth-order valence-corrected chi connectivity index (χ4v) is 3.63. The topological polar surface area (TPSA) is 76.4 Å². The average molecular weight is 326 g/mol. The summed E-state index contributed by atoms with van der Waals surface area (Å²) in [5.74, 6) is -1.07. The highest BCUT2D eigenvalue weighted by Gasteiger charge is 2.39. The zero-order chi connectivity index (χ0) is 17.1. The number of piperazine rings is 1. The number of carbonyl (C=O) groups is 2. The van der Waals surface area contributed by atoms with E-state index in [0.29, 0.717) is 23.8 Å². The molecule has 0 spiro atoms. The van der Waals surface area contributed by atoms with Gasteiger partial charge in [-0.05, 0) is 50.1 Å². The third kappa shape index (κ3) is 3.26. The van der Waals surface area contributed by atoms with Gasteiger partial charge in [0.15, 0.2) is 0 Å². The van der Waals surface area contributed by atoms with E-state index in [1.807, 2.05) is 6.07 Å². The van der Waals surface area contributed by atoms with Gasteiger partial charge in [-0.25, -0.2) is 0 Å². The maximum atomic E-state index is 12.6. The van der Waals surface area contributed by atoms with Gasteiger partial charge in [0, 0.05) is 30.9 Å². The maximum absolute atomic E-state index is 12.6. The van der Waals surface area contributed by atoms with Crippen molar-refractivity contribution in [2.75, 3.05) is 25.0 Å². The minimum atomic E-state index is -0.607. The number of fused-ring (bicyclic) bond motifs is 1. The number of benzene rings is 1. The number of amides is 2. The number of nitrogens with one attached hydrogen (secondary N) is 1. The Balaban J connectivity index is 1.67. The van der Waals surface area contributed by atoms with Gasteiger partial charge >= 0.3 is 11.8 Å².